The zero-order chi connectivity index (χ0) is 22.8. The molecule has 0 amide bonds. The van der Waals surface area contributed by atoms with Gasteiger partial charge in [0.15, 0.2) is 13.6 Å². The predicted molar refractivity (Wildman–Crippen MR) is 122 cm³/mol. The maximum absolute atomic E-state index is 12.3. The van der Waals surface area contributed by atoms with Gasteiger partial charge in [-0.1, -0.05) is 52.4 Å². The van der Waals surface area contributed by atoms with Crippen molar-refractivity contribution < 1.29 is 28.5 Å². The Labute approximate surface area is 194 Å². The van der Waals surface area contributed by atoms with Gasteiger partial charge in [-0.05, 0) is 63.2 Å². The number of carbonyl (C=O) groups excluding carboxylic acids is 2. The van der Waals surface area contributed by atoms with Crippen LogP contribution in [0.5, 0.6) is 0 Å². The molecule has 0 spiro atoms. The number of carbonyl (C=O) groups is 2. The van der Waals surface area contributed by atoms with Gasteiger partial charge in [0.05, 0.1) is 24.0 Å². The van der Waals surface area contributed by atoms with Gasteiger partial charge in [0.25, 0.3) is 0 Å². The quantitative estimate of drug-likeness (QED) is 0.310. The lowest BCUT2D eigenvalue weighted by molar-refractivity contribution is -0.176. The fourth-order valence-electron chi connectivity index (χ4n) is 5.66. The van der Waals surface area contributed by atoms with Crippen molar-refractivity contribution in [2.24, 2.45) is 23.7 Å². The van der Waals surface area contributed by atoms with Crippen LogP contribution in [0.15, 0.2) is 0 Å². The van der Waals surface area contributed by atoms with Crippen molar-refractivity contribution in [1.29, 1.82) is 0 Å². The molecule has 0 aromatic carbocycles. The van der Waals surface area contributed by atoms with Gasteiger partial charge in [0.2, 0.25) is 0 Å². The van der Waals surface area contributed by atoms with Crippen LogP contribution < -0.4 is 0 Å². The van der Waals surface area contributed by atoms with Crippen LogP contribution in [-0.2, 0) is 28.5 Å². The molecule has 0 aromatic heterocycles. The molecule has 2 atom stereocenters. The van der Waals surface area contributed by atoms with E-state index in [9.17, 15) is 9.59 Å². The molecular weight excluding hydrogens is 408 g/mol. The number of hydrogen-bond acceptors (Lipinski definition) is 6. The molecule has 2 unspecified atom stereocenters. The highest BCUT2D eigenvalue weighted by atomic mass is 16.7. The maximum atomic E-state index is 12.3. The first-order chi connectivity index (χ1) is 15.5. The monoisotopic (exact) mass is 452 g/mol. The van der Waals surface area contributed by atoms with Gasteiger partial charge in [0.1, 0.15) is 0 Å². The molecular formula is C26H44O6. The van der Waals surface area contributed by atoms with E-state index in [1.807, 2.05) is 13.8 Å². The second-order valence-corrected chi connectivity index (χ2v) is 10.3. The number of hydrogen-bond donors (Lipinski definition) is 0. The highest BCUT2D eigenvalue weighted by Crippen LogP contribution is 2.32. The predicted octanol–water partition coefficient (Wildman–Crippen LogP) is 5.77. The Morgan fingerprint density at radius 2 is 0.938 bits per heavy atom. The summed E-state index contributed by atoms with van der Waals surface area (Å²) in [6, 6.07) is 0. The second-order valence-electron chi connectivity index (χ2n) is 10.3. The highest BCUT2D eigenvalue weighted by Gasteiger charge is 2.29. The standard InChI is InChI=1S/C26H44O6/c1-19(21-9-5-3-6-10-21)25(27)31-17-29-23-13-15-24(16-14-23)30-18-32-26(28)20(2)22-11-7-4-8-12-22/h19-24H,3-18H2,1-2H3. The largest absolute Gasteiger partial charge is 0.438 e. The molecule has 3 fully saturated rings. The summed E-state index contributed by atoms with van der Waals surface area (Å²) in [7, 11) is 0. The third-order valence-corrected chi connectivity index (χ3v) is 8.09. The van der Waals surface area contributed by atoms with Crippen molar-refractivity contribution in [3.63, 3.8) is 0 Å². The third kappa shape index (κ3) is 8.02. The van der Waals surface area contributed by atoms with E-state index in [1.165, 1.54) is 38.5 Å². The number of esters is 2. The Hall–Kier alpha value is -1.14. The molecule has 3 rings (SSSR count). The van der Waals surface area contributed by atoms with E-state index in [-0.39, 0.29) is 49.6 Å². The molecule has 0 heterocycles. The molecule has 0 saturated heterocycles. The summed E-state index contributed by atoms with van der Waals surface area (Å²) in [5.41, 5.74) is 0. The Morgan fingerprint density at radius 3 is 1.28 bits per heavy atom. The second kappa shape index (κ2) is 13.5. The topological polar surface area (TPSA) is 71.1 Å². The lowest BCUT2D eigenvalue weighted by atomic mass is 9.81. The van der Waals surface area contributed by atoms with Crippen LogP contribution in [0.25, 0.3) is 0 Å². The molecule has 0 bridgehead atoms. The van der Waals surface area contributed by atoms with Gasteiger partial charge in [-0.3, -0.25) is 9.59 Å². The third-order valence-electron chi connectivity index (χ3n) is 8.09. The van der Waals surface area contributed by atoms with Crippen LogP contribution in [0.3, 0.4) is 0 Å². The minimum absolute atomic E-state index is 0.0356. The zero-order valence-electron chi connectivity index (χ0n) is 20.2. The van der Waals surface area contributed by atoms with E-state index in [0.29, 0.717) is 11.8 Å². The van der Waals surface area contributed by atoms with Gasteiger partial charge in [0, 0.05) is 0 Å². The Morgan fingerprint density at radius 1 is 0.594 bits per heavy atom. The number of ether oxygens (including phenoxy) is 4. The fourth-order valence-corrected chi connectivity index (χ4v) is 5.66. The Balaban J connectivity index is 1.23. The first-order valence-corrected chi connectivity index (χ1v) is 13.1. The van der Waals surface area contributed by atoms with Crippen molar-refractivity contribution in [1.82, 2.24) is 0 Å². The van der Waals surface area contributed by atoms with Gasteiger partial charge in [-0.25, -0.2) is 0 Å². The first kappa shape index (κ1) is 25.5. The van der Waals surface area contributed by atoms with Crippen molar-refractivity contribution in [2.45, 2.75) is 116 Å². The summed E-state index contributed by atoms with van der Waals surface area (Å²) in [6.45, 7) is 4.07. The summed E-state index contributed by atoms with van der Waals surface area (Å²) in [6.07, 6.45) is 15.7. The highest BCUT2D eigenvalue weighted by molar-refractivity contribution is 5.72. The fraction of sp³-hybridized carbons (Fsp3) is 0.923. The van der Waals surface area contributed by atoms with Gasteiger partial charge in [-0.15, -0.1) is 0 Å². The average molecular weight is 453 g/mol. The molecule has 6 nitrogen and oxygen atoms in total. The molecule has 3 aliphatic rings. The number of rotatable bonds is 10. The summed E-state index contributed by atoms with van der Waals surface area (Å²) < 4.78 is 22.4. The lowest BCUT2D eigenvalue weighted by Crippen LogP contribution is -2.30. The SMILES string of the molecule is CC(C(=O)OCOC1CCC(OCOC(=O)C(C)C2CCCCC2)CC1)C1CCCCC1. The molecule has 184 valence electrons. The Bertz CT molecular complexity index is 509. The van der Waals surface area contributed by atoms with Crippen LogP contribution in [0.4, 0.5) is 0 Å². The van der Waals surface area contributed by atoms with E-state index < -0.39 is 0 Å². The average Bonchev–Trinajstić information content (AvgIpc) is 2.85. The minimum atomic E-state index is -0.127. The van der Waals surface area contributed by atoms with Crippen LogP contribution >= 0.6 is 0 Å². The zero-order valence-corrected chi connectivity index (χ0v) is 20.2. The molecule has 0 radical (unpaired) electrons. The van der Waals surface area contributed by atoms with E-state index in [0.717, 1.165) is 51.4 Å². The lowest BCUT2D eigenvalue weighted by Gasteiger charge is -2.29. The molecule has 3 aliphatic carbocycles. The molecule has 3 saturated carbocycles. The maximum Gasteiger partial charge on any atom is 0.311 e. The van der Waals surface area contributed by atoms with Crippen molar-refractivity contribution >= 4 is 11.9 Å². The molecule has 6 heteroatoms. The van der Waals surface area contributed by atoms with Gasteiger partial charge in [-0.2, -0.15) is 0 Å². The molecule has 0 aliphatic heterocycles. The molecule has 32 heavy (non-hydrogen) atoms. The minimum Gasteiger partial charge on any atom is -0.438 e. The summed E-state index contributed by atoms with van der Waals surface area (Å²) in [5.74, 6) is 0.599. The van der Waals surface area contributed by atoms with E-state index >= 15 is 0 Å². The van der Waals surface area contributed by atoms with Gasteiger partial charge < -0.3 is 18.9 Å². The van der Waals surface area contributed by atoms with E-state index in [2.05, 4.69) is 0 Å². The summed E-state index contributed by atoms with van der Waals surface area (Å²) in [5, 5.41) is 0. The van der Waals surface area contributed by atoms with Gasteiger partial charge >= 0.3 is 11.9 Å². The first-order valence-electron chi connectivity index (χ1n) is 13.1. The van der Waals surface area contributed by atoms with Crippen LogP contribution in [0, 0.1) is 23.7 Å². The van der Waals surface area contributed by atoms with Crippen LogP contribution in [-0.4, -0.2) is 37.7 Å². The van der Waals surface area contributed by atoms with Crippen LogP contribution in [0.2, 0.25) is 0 Å². The molecule has 0 aromatic rings. The van der Waals surface area contributed by atoms with E-state index in [1.54, 1.807) is 0 Å². The van der Waals surface area contributed by atoms with E-state index in [4.69, 9.17) is 18.9 Å². The normalized spacial score (nSPS) is 27.4. The smallest absolute Gasteiger partial charge is 0.311 e. The summed E-state index contributed by atoms with van der Waals surface area (Å²) >= 11 is 0. The molecule has 0 N–H and O–H groups in total. The van der Waals surface area contributed by atoms with Crippen molar-refractivity contribution in [2.75, 3.05) is 13.6 Å². The van der Waals surface area contributed by atoms with Crippen LogP contribution in [0.1, 0.15) is 104 Å². The Kier molecular flexibility index (Phi) is 10.8. The van der Waals surface area contributed by atoms with Crippen molar-refractivity contribution in [3.8, 4) is 0 Å². The summed E-state index contributed by atoms with van der Waals surface area (Å²) in [4.78, 5) is 24.6. The van der Waals surface area contributed by atoms with Crippen molar-refractivity contribution in [3.05, 3.63) is 0 Å².